The van der Waals surface area contributed by atoms with Crippen molar-refractivity contribution in [3.63, 3.8) is 0 Å². The third-order valence-corrected chi connectivity index (χ3v) is 5.83. The first-order valence-electron chi connectivity index (χ1n) is 11.5. The number of pyridine rings is 1. The van der Waals surface area contributed by atoms with Crippen LogP contribution in [0.5, 0.6) is 11.5 Å². The van der Waals surface area contributed by atoms with Gasteiger partial charge >= 0.3 is 0 Å². The number of nitrogens with zero attached hydrogens (tertiary/aromatic N) is 2. The van der Waals surface area contributed by atoms with E-state index in [1.165, 1.54) is 17.0 Å². The van der Waals surface area contributed by atoms with Crippen LogP contribution in [0.3, 0.4) is 0 Å². The van der Waals surface area contributed by atoms with E-state index in [1.807, 2.05) is 6.92 Å². The maximum Gasteiger partial charge on any atom is 0.296 e. The molecule has 4 rings (SSSR count). The first-order chi connectivity index (χ1) is 16.8. The molecule has 0 spiro atoms. The second-order valence-corrected chi connectivity index (χ2v) is 9.02. The van der Waals surface area contributed by atoms with Crippen molar-refractivity contribution in [2.24, 2.45) is 5.92 Å². The van der Waals surface area contributed by atoms with Crippen molar-refractivity contribution in [1.29, 1.82) is 0 Å². The van der Waals surface area contributed by atoms with Crippen molar-refractivity contribution < 1.29 is 24.5 Å². The van der Waals surface area contributed by atoms with E-state index in [9.17, 15) is 19.8 Å². The van der Waals surface area contributed by atoms with E-state index >= 15 is 0 Å². The summed E-state index contributed by atoms with van der Waals surface area (Å²) in [4.78, 5) is 32.0. The number of phenolic OH excluding ortho intramolecular Hbond substituents is 1. The standard InChI is InChI=1S/C28H28N2O5/c1-17(2)16-35-23-12-9-20(14-18(23)3)26(32)24-25(19-7-10-22(31)11-8-19)30(28(34)27(24)33)15-21-6-4-5-13-29-21/h4-14,17,25,31-32H,15-16H2,1-3H3/b26-24-. The molecule has 2 aromatic carbocycles. The lowest BCUT2D eigenvalue weighted by Gasteiger charge is -2.25. The first kappa shape index (κ1) is 24.0. The zero-order chi connectivity index (χ0) is 25.1. The van der Waals surface area contributed by atoms with Gasteiger partial charge in [0.15, 0.2) is 0 Å². The van der Waals surface area contributed by atoms with Gasteiger partial charge in [-0.2, -0.15) is 0 Å². The van der Waals surface area contributed by atoms with Crippen molar-refractivity contribution in [3.8, 4) is 11.5 Å². The summed E-state index contributed by atoms with van der Waals surface area (Å²) in [5.74, 6) is -0.631. The number of aliphatic hydroxyl groups excluding tert-OH is 1. The van der Waals surface area contributed by atoms with E-state index in [4.69, 9.17) is 4.74 Å². The number of rotatable bonds is 7. The maximum absolute atomic E-state index is 13.2. The Morgan fingerprint density at radius 2 is 1.83 bits per heavy atom. The molecule has 0 aliphatic carbocycles. The smallest absolute Gasteiger partial charge is 0.296 e. The van der Waals surface area contributed by atoms with Crippen molar-refractivity contribution >= 4 is 17.4 Å². The van der Waals surface area contributed by atoms with Crippen LogP contribution in [0.15, 0.2) is 72.4 Å². The van der Waals surface area contributed by atoms with Crippen LogP contribution in [0, 0.1) is 12.8 Å². The lowest BCUT2D eigenvalue weighted by atomic mass is 9.94. The van der Waals surface area contributed by atoms with Crippen LogP contribution in [0.2, 0.25) is 0 Å². The fourth-order valence-electron chi connectivity index (χ4n) is 4.08. The summed E-state index contributed by atoms with van der Waals surface area (Å²) in [7, 11) is 0. The number of likely N-dealkylation sites (tertiary alicyclic amines) is 1. The molecule has 0 bridgehead atoms. The highest BCUT2D eigenvalue weighted by Crippen LogP contribution is 2.41. The number of aliphatic hydroxyl groups is 1. The van der Waals surface area contributed by atoms with Crippen LogP contribution in [0.1, 0.15) is 42.3 Å². The van der Waals surface area contributed by atoms with Crippen molar-refractivity contribution in [3.05, 3.63) is 94.8 Å². The van der Waals surface area contributed by atoms with Crippen LogP contribution in [-0.4, -0.2) is 38.4 Å². The van der Waals surface area contributed by atoms with Crippen molar-refractivity contribution in [2.45, 2.75) is 33.4 Å². The number of carbonyl (C=O) groups excluding carboxylic acids is 2. The molecule has 35 heavy (non-hydrogen) atoms. The predicted octanol–water partition coefficient (Wildman–Crippen LogP) is 4.75. The number of aromatic nitrogens is 1. The molecule has 180 valence electrons. The topological polar surface area (TPSA) is 100.0 Å². The van der Waals surface area contributed by atoms with Crippen LogP contribution in [-0.2, 0) is 16.1 Å². The molecule has 3 aromatic rings. The molecule has 0 radical (unpaired) electrons. The average Bonchev–Trinajstić information content (AvgIpc) is 3.09. The van der Waals surface area contributed by atoms with Crippen LogP contribution in [0.25, 0.3) is 5.76 Å². The van der Waals surface area contributed by atoms with Crippen LogP contribution < -0.4 is 4.74 Å². The van der Waals surface area contributed by atoms with E-state index in [2.05, 4.69) is 18.8 Å². The number of aromatic hydroxyl groups is 1. The number of ether oxygens (including phenoxy) is 1. The highest BCUT2D eigenvalue weighted by Gasteiger charge is 2.46. The van der Waals surface area contributed by atoms with Crippen LogP contribution >= 0.6 is 0 Å². The molecular weight excluding hydrogens is 444 g/mol. The van der Waals surface area contributed by atoms with Gasteiger partial charge in [0, 0.05) is 11.8 Å². The Balaban J connectivity index is 1.78. The minimum atomic E-state index is -0.838. The molecule has 1 saturated heterocycles. The Morgan fingerprint density at radius 1 is 1.09 bits per heavy atom. The average molecular weight is 473 g/mol. The SMILES string of the molecule is Cc1cc(/C(O)=C2/C(=O)C(=O)N(Cc3ccccn3)C2c2ccc(O)cc2)ccc1OCC(C)C. The molecule has 7 nitrogen and oxygen atoms in total. The molecule has 1 unspecified atom stereocenters. The second-order valence-electron chi connectivity index (χ2n) is 9.02. The molecule has 1 fully saturated rings. The van der Waals surface area contributed by atoms with E-state index in [0.29, 0.717) is 35.1 Å². The summed E-state index contributed by atoms with van der Waals surface area (Å²) in [6, 6.07) is 15.9. The lowest BCUT2D eigenvalue weighted by molar-refractivity contribution is -0.140. The number of phenols is 1. The van der Waals surface area contributed by atoms with Gasteiger partial charge < -0.3 is 19.8 Å². The second kappa shape index (κ2) is 10.0. The summed E-state index contributed by atoms with van der Waals surface area (Å²) in [5.41, 5.74) is 2.42. The summed E-state index contributed by atoms with van der Waals surface area (Å²) in [5, 5.41) is 21.0. The zero-order valence-electron chi connectivity index (χ0n) is 19.9. The number of benzene rings is 2. The quantitative estimate of drug-likeness (QED) is 0.292. The minimum absolute atomic E-state index is 0.00753. The summed E-state index contributed by atoms with van der Waals surface area (Å²) >= 11 is 0. The number of aryl methyl sites for hydroxylation is 1. The molecule has 1 atom stereocenters. The fraction of sp³-hybridized carbons (Fsp3) is 0.250. The maximum atomic E-state index is 13.2. The van der Waals surface area contributed by atoms with Gasteiger partial charge in [0.05, 0.1) is 30.5 Å². The highest BCUT2D eigenvalue weighted by atomic mass is 16.5. The molecule has 7 heteroatoms. The predicted molar refractivity (Wildman–Crippen MR) is 132 cm³/mol. The molecule has 1 aliphatic rings. The van der Waals surface area contributed by atoms with Gasteiger partial charge in [-0.3, -0.25) is 14.6 Å². The first-order valence-corrected chi connectivity index (χ1v) is 11.5. The Labute approximate surface area is 204 Å². The highest BCUT2D eigenvalue weighted by molar-refractivity contribution is 6.46. The molecule has 2 heterocycles. The molecule has 2 N–H and O–H groups in total. The number of hydrogen-bond acceptors (Lipinski definition) is 6. The summed E-state index contributed by atoms with van der Waals surface area (Å²) in [6.45, 7) is 6.63. The number of hydrogen-bond donors (Lipinski definition) is 2. The van der Waals surface area contributed by atoms with E-state index in [1.54, 1.807) is 54.7 Å². The number of Topliss-reactive ketones (excluding diaryl/α,β-unsaturated/α-hetero) is 1. The molecule has 0 saturated carbocycles. The van der Waals surface area contributed by atoms with Gasteiger partial charge in [0.2, 0.25) is 0 Å². The minimum Gasteiger partial charge on any atom is -0.508 e. The Hall–Kier alpha value is -4.13. The number of ketones is 1. The van der Waals surface area contributed by atoms with E-state index < -0.39 is 17.7 Å². The van der Waals surface area contributed by atoms with Crippen molar-refractivity contribution in [1.82, 2.24) is 9.88 Å². The third kappa shape index (κ3) is 5.04. The largest absolute Gasteiger partial charge is 0.508 e. The van der Waals surface area contributed by atoms with Gasteiger partial charge in [-0.05, 0) is 66.4 Å². The number of amides is 1. The van der Waals surface area contributed by atoms with Crippen molar-refractivity contribution in [2.75, 3.05) is 6.61 Å². The third-order valence-electron chi connectivity index (χ3n) is 5.83. The number of carbonyl (C=O) groups is 2. The van der Waals surface area contributed by atoms with Gasteiger partial charge in [-0.25, -0.2) is 0 Å². The molecule has 1 aromatic heterocycles. The van der Waals surface area contributed by atoms with E-state index in [-0.39, 0.29) is 23.6 Å². The van der Waals surface area contributed by atoms with Gasteiger partial charge in [-0.1, -0.05) is 32.0 Å². The van der Waals surface area contributed by atoms with Crippen LogP contribution in [0.4, 0.5) is 0 Å². The Morgan fingerprint density at radius 3 is 2.46 bits per heavy atom. The lowest BCUT2D eigenvalue weighted by Crippen LogP contribution is -2.29. The normalized spacial score (nSPS) is 17.3. The Kier molecular flexibility index (Phi) is 6.87. The van der Waals surface area contributed by atoms with Gasteiger partial charge in [0.25, 0.3) is 11.7 Å². The summed E-state index contributed by atoms with van der Waals surface area (Å²) in [6.07, 6.45) is 1.62. The fourth-order valence-corrected chi connectivity index (χ4v) is 4.08. The molecule has 1 aliphatic heterocycles. The molecular formula is C28H28N2O5. The summed E-state index contributed by atoms with van der Waals surface area (Å²) < 4.78 is 5.82. The van der Waals surface area contributed by atoms with Gasteiger partial charge in [0.1, 0.15) is 17.3 Å². The van der Waals surface area contributed by atoms with Gasteiger partial charge in [-0.15, -0.1) is 0 Å². The van der Waals surface area contributed by atoms with E-state index in [0.717, 1.165) is 5.56 Å². The monoisotopic (exact) mass is 472 g/mol. The Bertz CT molecular complexity index is 1270. The molecule has 1 amide bonds. The zero-order valence-corrected chi connectivity index (χ0v) is 19.9.